The molecule has 3 N–H and O–H groups in total. The van der Waals surface area contributed by atoms with E-state index in [-0.39, 0.29) is 11.8 Å². The Labute approximate surface area is 157 Å². The number of aromatic nitrogens is 4. The number of nitriles is 1. The standard InChI is InChI=1S/C17H21N9O/c18-7-12-8-22-16(11-20-12)23-15-6-14(17(25-24-15)26-3-1-4-26)21-10-13-9-19-2-5-27-13/h6,8,11,13,19H,1-5,9-10H2,(H2,21,22,23,24). The predicted molar refractivity (Wildman–Crippen MR) is 100.0 cm³/mol. The first-order valence-electron chi connectivity index (χ1n) is 9.00. The van der Waals surface area contributed by atoms with E-state index in [4.69, 9.17) is 10.00 Å². The van der Waals surface area contributed by atoms with Gasteiger partial charge in [-0.3, -0.25) is 0 Å². The Bertz CT molecular complexity index is 810. The van der Waals surface area contributed by atoms with E-state index in [2.05, 4.69) is 41.0 Å². The van der Waals surface area contributed by atoms with Gasteiger partial charge in [0.1, 0.15) is 11.9 Å². The van der Waals surface area contributed by atoms with Crippen molar-refractivity contribution in [3.8, 4) is 6.07 Å². The van der Waals surface area contributed by atoms with Crippen LogP contribution < -0.4 is 20.9 Å². The zero-order valence-corrected chi connectivity index (χ0v) is 14.9. The normalized spacial score (nSPS) is 19.1. The molecule has 0 aromatic carbocycles. The number of morpholine rings is 1. The van der Waals surface area contributed by atoms with Crippen LogP contribution in [-0.2, 0) is 4.74 Å². The molecule has 2 fully saturated rings. The largest absolute Gasteiger partial charge is 0.379 e. The Morgan fingerprint density at radius 1 is 1.26 bits per heavy atom. The number of anilines is 4. The monoisotopic (exact) mass is 367 g/mol. The van der Waals surface area contributed by atoms with Gasteiger partial charge in [0.25, 0.3) is 0 Å². The summed E-state index contributed by atoms with van der Waals surface area (Å²) in [7, 11) is 0. The highest BCUT2D eigenvalue weighted by atomic mass is 16.5. The first-order valence-corrected chi connectivity index (χ1v) is 9.00. The maximum Gasteiger partial charge on any atom is 0.174 e. The zero-order valence-electron chi connectivity index (χ0n) is 14.9. The van der Waals surface area contributed by atoms with Gasteiger partial charge in [-0.1, -0.05) is 0 Å². The third-order valence-corrected chi connectivity index (χ3v) is 4.48. The van der Waals surface area contributed by atoms with Crippen LogP contribution in [0, 0.1) is 11.3 Å². The van der Waals surface area contributed by atoms with Gasteiger partial charge in [0, 0.05) is 38.8 Å². The average Bonchev–Trinajstić information content (AvgIpc) is 2.68. The fourth-order valence-electron chi connectivity index (χ4n) is 2.89. The molecule has 4 rings (SSSR count). The fourth-order valence-corrected chi connectivity index (χ4v) is 2.89. The molecule has 2 saturated heterocycles. The van der Waals surface area contributed by atoms with E-state index in [1.807, 2.05) is 12.1 Å². The van der Waals surface area contributed by atoms with Crippen molar-refractivity contribution in [2.24, 2.45) is 0 Å². The number of nitrogens with zero attached hydrogens (tertiary/aromatic N) is 6. The summed E-state index contributed by atoms with van der Waals surface area (Å²) in [6.45, 7) is 5.11. The molecule has 0 radical (unpaired) electrons. The third kappa shape index (κ3) is 4.21. The quantitative estimate of drug-likeness (QED) is 0.664. The Morgan fingerprint density at radius 3 is 2.85 bits per heavy atom. The molecular formula is C17H21N9O. The summed E-state index contributed by atoms with van der Waals surface area (Å²) >= 11 is 0. The number of hydrogen-bond donors (Lipinski definition) is 3. The van der Waals surface area contributed by atoms with E-state index in [0.29, 0.717) is 18.2 Å². The Hall–Kier alpha value is -3.03. The first kappa shape index (κ1) is 17.4. The molecule has 0 spiro atoms. The second-order valence-electron chi connectivity index (χ2n) is 6.41. The SMILES string of the molecule is N#Cc1cnc(Nc2cc(NCC3CNCCO3)c(N3CCC3)nn2)cn1. The molecular weight excluding hydrogens is 346 g/mol. The Balaban J connectivity index is 1.49. The van der Waals surface area contributed by atoms with Crippen molar-refractivity contribution in [3.05, 3.63) is 24.2 Å². The highest BCUT2D eigenvalue weighted by Crippen LogP contribution is 2.29. The highest BCUT2D eigenvalue weighted by Gasteiger charge is 2.21. The van der Waals surface area contributed by atoms with Crippen LogP contribution in [0.3, 0.4) is 0 Å². The van der Waals surface area contributed by atoms with Gasteiger partial charge in [0.2, 0.25) is 0 Å². The van der Waals surface area contributed by atoms with Crippen LogP contribution in [-0.4, -0.2) is 65.6 Å². The number of ether oxygens (including phenoxy) is 1. The smallest absolute Gasteiger partial charge is 0.174 e. The van der Waals surface area contributed by atoms with Gasteiger partial charge in [0.05, 0.1) is 30.8 Å². The molecule has 2 aliphatic heterocycles. The molecule has 1 unspecified atom stereocenters. The lowest BCUT2D eigenvalue weighted by molar-refractivity contribution is 0.0372. The summed E-state index contributed by atoms with van der Waals surface area (Å²) in [4.78, 5) is 10.4. The molecule has 10 heteroatoms. The minimum absolute atomic E-state index is 0.122. The Morgan fingerprint density at radius 2 is 2.19 bits per heavy atom. The van der Waals surface area contributed by atoms with Gasteiger partial charge < -0.3 is 25.6 Å². The van der Waals surface area contributed by atoms with Crippen LogP contribution in [0.25, 0.3) is 0 Å². The van der Waals surface area contributed by atoms with Crippen molar-refractivity contribution in [3.63, 3.8) is 0 Å². The summed E-state index contributed by atoms with van der Waals surface area (Å²) in [5, 5.41) is 27.3. The lowest BCUT2D eigenvalue weighted by Gasteiger charge is -2.33. The van der Waals surface area contributed by atoms with Crippen molar-refractivity contribution < 1.29 is 4.74 Å². The lowest BCUT2D eigenvalue weighted by Crippen LogP contribution is -2.42. The van der Waals surface area contributed by atoms with Crippen LogP contribution in [0.1, 0.15) is 12.1 Å². The average molecular weight is 367 g/mol. The van der Waals surface area contributed by atoms with E-state index >= 15 is 0 Å². The predicted octanol–water partition coefficient (Wildman–Crippen LogP) is 0.492. The maximum absolute atomic E-state index is 8.81. The lowest BCUT2D eigenvalue weighted by atomic mass is 10.2. The van der Waals surface area contributed by atoms with Gasteiger partial charge >= 0.3 is 0 Å². The molecule has 0 saturated carbocycles. The topological polar surface area (TPSA) is 124 Å². The van der Waals surface area contributed by atoms with Crippen molar-refractivity contribution in [1.82, 2.24) is 25.5 Å². The van der Waals surface area contributed by atoms with Gasteiger partial charge in [-0.25, -0.2) is 9.97 Å². The fraction of sp³-hybridized carbons (Fsp3) is 0.471. The molecule has 0 bridgehead atoms. The van der Waals surface area contributed by atoms with Crippen LogP contribution in [0.4, 0.5) is 23.1 Å². The van der Waals surface area contributed by atoms with Crippen molar-refractivity contribution in [1.29, 1.82) is 5.26 Å². The van der Waals surface area contributed by atoms with Gasteiger partial charge in [-0.2, -0.15) is 5.26 Å². The minimum Gasteiger partial charge on any atom is -0.379 e. The second-order valence-corrected chi connectivity index (χ2v) is 6.41. The van der Waals surface area contributed by atoms with Crippen LogP contribution in [0.2, 0.25) is 0 Å². The Kier molecular flexibility index (Phi) is 5.22. The number of hydrogen-bond acceptors (Lipinski definition) is 10. The van der Waals surface area contributed by atoms with E-state index in [1.54, 1.807) is 0 Å². The van der Waals surface area contributed by atoms with Gasteiger partial charge in [-0.05, 0) is 6.42 Å². The van der Waals surface area contributed by atoms with Gasteiger partial charge in [0.15, 0.2) is 17.3 Å². The summed E-state index contributed by atoms with van der Waals surface area (Å²) in [5.74, 6) is 1.91. The zero-order chi connectivity index (χ0) is 18.5. The number of rotatable bonds is 6. The molecule has 27 heavy (non-hydrogen) atoms. The molecule has 2 aromatic heterocycles. The molecule has 1 atom stereocenters. The van der Waals surface area contributed by atoms with Crippen LogP contribution in [0.5, 0.6) is 0 Å². The number of nitrogens with one attached hydrogen (secondary N) is 3. The summed E-state index contributed by atoms with van der Waals surface area (Å²) in [5.41, 5.74) is 1.17. The highest BCUT2D eigenvalue weighted by molar-refractivity contribution is 5.70. The van der Waals surface area contributed by atoms with Crippen molar-refractivity contribution in [2.45, 2.75) is 12.5 Å². The molecule has 2 aromatic rings. The molecule has 0 amide bonds. The van der Waals surface area contributed by atoms with E-state index in [1.165, 1.54) is 12.4 Å². The summed E-state index contributed by atoms with van der Waals surface area (Å²) < 4.78 is 5.75. The minimum atomic E-state index is 0.122. The van der Waals surface area contributed by atoms with Gasteiger partial charge in [-0.15, -0.1) is 10.2 Å². The van der Waals surface area contributed by atoms with E-state index < -0.39 is 0 Å². The van der Waals surface area contributed by atoms with Crippen LogP contribution in [0.15, 0.2) is 18.5 Å². The van der Waals surface area contributed by atoms with Crippen molar-refractivity contribution >= 4 is 23.1 Å². The molecule has 140 valence electrons. The van der Waals surface area contributed by atoms with E-state index in [9.17, 15) is 0 Å². The molecule has 2 aliphatic rings. The summed E-state index contributed by atoms with van der Waals surface area (Å²) in [6.07, 6.45) is 4.20. The summed E-state index contributed by atoms with van der Waals surface area (Å²) in [6, 6.07) is 3.86. The second kappa shape index (κ2) is 8.11. The maximum atomic E-state index is 8.81. The first-order chi connectivity index (χ1) is 13.3. The third-order valence-electron chi connectivity index (χ3n) is 4.48. The molecule has 0 aliphatic carbocycles. The van der Waals surface area contributed by atoms with Crippen molar-refractivity contribution in [2.75, 3.05) is 54.9 Å². The molecule has 4 heterocycles. The van der Waals surface area contributed by atoms with Crippen LogP contribution >= 0.6 is 0 Å². The van der Waals surface area contributed by atoms with E-state index in [0.717, 1.165) is 50.7 Å². The molecule has 10 nitrogen and oxygen atoms in total.